The Hall–Kier alpha value is -2.30. The summed E-state index contributed by atoms with van der Waals surface area (Å²) in [5.41, 5.74) is 20.2. The molecular formula is C16H44N12Ru+3. The van der Waals surface area contributed by atoms with E-state index in [1.165, 1.54) is 0 Å². The van der Waals surface area contributed by atoms with E-state index in [9.17, 15) is 0 Å². The zero-order valence-electron chi connectivity index (χ0n) is 19.3. The monoisotopic (exact) mass is 506 g/mol. The van der Waals surface area contributed by atoms with Gasteiger partial charge < -0.3 is 42.5 Å². The van der Waals surface area contributed by atoms with Crippen molar-refractivity contribution in [3.63, 3.8) is 0 Å². The molecule has 0 spiro atoms. The topological polar surface area (TPSA) is 212 Å². The summed E-state index contributed by atoms with van der Waals surface area (Å²) < 4.78 is 0. The second-order valence-electron chi connectivity index (χ2n) is 5.60. The molecular weight excluding hydrogens is 461 g/mol. The van der Waals surface area contributed by atoms with Crippen LogP contribution < -0.4 is 22.9 Å². The van der Waals surface area contributed by atoms with Crippen molar-refractivity contribution in [3.05, 3.63) is 0 Å². The van der Waals surface area contributed by atoms with Gasteiger partial charge in [-0.3, -0.25) is 21.6 Å². The van der Waals surface area contributed by atoms with Crippen LogP contribution >= 0.6 is 0 Å². The van der Waals surface area contributed by atoms with E-state index in [4.69, 9.17) is 44.6 Å². The predicted molar refractivity (Wildman–Crippen MR) is 121 cm³/mol. The second-order valence-corrected chi connectivity index (χ2v) is 5.60. The van der Waals surface area contributed by atoms with Crippen LogP contribution in [0.4, 0.5) is 0 Å². The third-order valence-electron chi connectivity index (χ3n) is 3.54. The Kier molecular flexibility index (Phi) is 30.7. The first kappa shape index (κ1) is 37.5. The van der Waals surface area contributed by atoms with Gasteiger partial charge in [-0.2, -0.15) is 0 Å². The van der Waals surface area contributed by atoms with E-state index in [-0.39, 0.29) is 43.3 Å². The third-order valence-corrected chi connectivity index (χ3v) is 3.54. The number of guanidine groups is 4. The van der Waals surface area contributed by atoms with Gasteiger partial charge in [0.1, 0.15) is 0 Å². The van der Waals surface area contributed by atoms with Crippen LogP contribution in [0.25, 0.3) is 0 Å². The quantitative estimate of drug-likeness (QED) is 0.139. The Morgan fingerprint density at radius 1 is 0.483 bits per heavy atom. The van der Waals surface area contributed by atoms with Gasteiger partial charge in [0.2, 0.25) is 0 Å². The van der Waals surface area contributed by atoms with Gasteiger partial charge in [-0.25, -0.2) is 0 Å². The number of hydrogen-bond donors (Lipinski definition) is 8. The Morgan fingerprint density at radius 3 is 0.586 bits per heavy atom. The van der Waals surface area contributed by atoms with Crippen LogP contribution in [0.1, 0.15) is 27.7 Å². The van der Waals surface area contributed by atoms with Crippen molar-refractivity contribution in [1.82, 2.24) is 19.6 Å². The van der Waals surface area contributed by atoms with Gasteiger partial charge in [-0.1, -0.05) is 0 Å². The summed E-state index contributed by atoms with van der Waals surface area (Å²) in [5.74, 6) is 0.509. The Labute approximate surface area is 189 Å². The first-order valence-corrected chi connectivity index (χ1v) is 8.93. The van der Waals surface area contributed by atoms with E-state index in [0.29, 0.717) is 0 Å². The van der Waals surface area contributed by atoms with E-state index < -0.39 is 0 Å². The van der Waals surface area contributed by atoms with Crippen molar-refractivity contribution in [2.24, 2.45) is 22.9 Å². The SMILES string of the molecule is CCN(C)C(=N)N.CCN(C)C(=N)N.CCN(C)C(=N)N.CCN(C)C(=N)N.[Ru+3]. The fourth-order valence-corrected chi connectivity index (χ4v) is 0.681. The van der Waals surface area contributed by atoms with Gasteiger partial charge >= 0.3 is 19.5 Å². The van der Waals surface area contributed by atoms with Crippen LogP contribution in [-0.4, -0.2) is 97.8 Å². The maximum atomic E-state index is 6.80. The molecule has 0 bridgehead atoms. The molecule has 0 atom stereocenters. The number of rotatable bonds is 4. The summed E-state index contributed by atoms with van der Waals surface area (Å²) in [6.45, 7) is 11.0. The van der Waals surface area contributed by atoms with Crippen molar-refractivity contribution in [3.8, 4) is 0 Å². The van der Waals surface area contributed by atoms with Crippen LogP contribution in [0.2, 0.25) is 0 Å². The smallest absolute Gasteiger partial charge is 0.370 e. The second kappa shape index (κ2) is 23.7. The summed E-state index contributed by atoms with van der Waals surface area (Å²) in [4.78, 5) is 6.61. The number of nitrogens with one attached hydrogen (secondary N) is 4. The molecule has 13 heteroatoms. The molecule has 0 heterocycles. The Balaban J connectivity index is -0.0000000873. The van der Waals surface area contributed by atoms with Crippen molar-refractivity contribution in [1.29, 1.82) is 21.6 Å². The molecule has 0 aliphatic rings. The van der Waals surface area contributed by atoms with E-state index >= 15 is 0 Å². The number of nitrogens with two attached hydrogens (primary N) is 4. The molecule has 29 heavy (non-hydrogen) atoms. The first-order valence-electron chi connectivity index (χ1n) is 8.93. The number of hydrogen-bond acceptors (Lipinski definition) is 4. The Bertz CT molecular complexity index is 364. The normalized spacial score (nSPS) is 8.00. The molecule has 0 aliphatic carbocycles. The van der Waals surface area contributed by atoms with E-state index in [2.05, 4.69) is 0 Å². The van der Waals surface area contributed by atoms with Crippen molar-refractivity contribution in [2.45, 2.75) is 27.7 Å². The van der Waals surface area contributed by atoms with Gasteiger partial charge in [0.05, 0.1) is 0 Å². The average molecular weight is 506 g/mol. The van der Waals surface area contributed by atoms with Crippen LogP contribution in [0.15, 0.2) is 0 Å². The number of nitrogens with zero attached hydrogens (tertiary/aromatic N) is 4. The van der Waals surface area contributed by atoms with Crippen molar-refractivity contribution in [2.75, 3.05) is 54.4 Å². The molecule has 173 valence electrons. The van der Waals surface area contributed by atoms with E-state index in [1.807, 2.05) is 27.7 Å². The summed E-state index contributed by atoms with van der Waals surface area (Å²) in [6.07, 6.45) is 0. The maximum Gasteiger partial charge on any atom is 3.00 e. The average Bonchev–Trinajstić information content (AvgIpc) is 2.66. The van der Waals surface area contributed by atoms with Crippen LogP contribution in [-0.2, 0) is 19.5 Å². The van der Waals surface area contributed by atoms with Gasteiger partial charge in [-0.05, 0) is 27.7 Å². The molecule has 0 saturated carbocycles. The van der Waals surface area contributed by atoms with E-state index in [1.54, 1.807) is 47.8 Å². The van der Waals surface area contributed by atoms with Gasteiger partial charge in [0.15, 0.2) is 23.8 Å². The molecule has 0 fully saturated rings. The third kappa shape index (κ3) is 30.7. The minimum absolute atomic E-state index is 0. The molecule has 12 N–H and O–H groups in total. The zero-order valence-corrected chi connectivity index (χ0v) is 21.0. The van der Waals surface area contributed by atoms with E-state index in [0.717, 1.165) is 26.2 Å². The molecule has 0 aromatic heterocycles. The molecule has 1 radical (unpaired) electrons. The van der Waals surface area contributed by atoms with Crippen LogP contribution in [0.3, 0.4) is 0 Å². The summed E-state index contributed by atoms with van der Waals surface area (Å²) in [6, 6.07) is 0. The molecule has 0 saturated heterocycles. The van der Waals surface area contributed by atoms with Crippen molar-refractivity contribution < 1.29 is 19.5 Å². The van der Waals surface area contributed by atoms with Gasteiger partial charge in [0, 0.05) is 54.4 Å². The summed E-state index contributed by atoms with van der Waals surface area (Å²) in [5, 5.41) is 27.2. The molecule has 0 aromatic carbocycles. The zero-order chi connectivity index (χ0) is 23.4. The molecule has 12 nitrogen and oxygen atoms in total. The molecule has 0 rings (SSSR count). The van der Waals surface area contributed by atoms with Crippen LogP contribution in [0.5, 0.6) is 0 Å². The molecule has 0 unspecified atom stereocenters. The summed E-state index contributed by atoms with van der Waals surface area (Å²) >= 11 is 0. The minimum atomic E-state index is 0. The maximum absolute atomic E-state index is 6.80. The van der Waals surface area contributed by atoms with Crippen LogP contribution in [0, 0.1) is 21.6 Å². The molecule has 0 aromatic rings. The molecule has 0 amide bonds. The van der Waals surface area contributed by atoms with Gasteiger partial charge in [0.25, 0.3) is 0 Å². The Morgan fingerprint density at radius 2 is 0.586 bits per heavy atom. The van der Waals surface area contributed by atoms with Crippen molar-refractivity contribution >= 4 is 23.8 Å². The molecule has 0 aliphatic heterocycles. The summed E-state index contributed by atoms with van der Waals surface area (Å²) in [7, 11) is 7.12. The largest absolute Gasteiger partial charge is 3.00 e. The fourth-order valence-electron chi connectivity index (χ4n) is 0.681. The minimum Gasteiger partial charge on any atom is -0.370 e. The first-order chi connectivity index (χ1) is 12.7. The predicted octanol–water partition coefficient (Wildman–Crippen LogP) is -0.676. The standard InChI is InChI=1S/4C4H11N3.Ru/c4*1-3-7(2)4(5)6;/h4*3H2,1-2H3,(H3,5,6);/q;;;;+3. The van der Waals surface area contributed by atoms with Gasteiger partial charge in [-0.15, -0.1) is 0 Å². The fraction of sp³-hybridized carbons (Fsp3) is 0.750.